The molecule has 0 unspecified atom stereocenters. The van der Waals surface area contributed by atoms with Gasteiger partial charge in [0.1, 0.15) is 6.04 Å². The minimum atomic E-state index is -0.943. The molecule has 0 aromatic heterocycles. The van der Waals surface area contributed by atoms with E-state index in [1.165, 1.54) is 4.90 Å². The van der Waals surface area contributed by atoms with E-state index in [1.807, 2.05) is 31.3 Å². The molecule has 1 heterocycles. The van der Waals surface area contributed by atoms with Crippen LogP contribution in [0.15, 0.2) is 24.3 Å². The number of urea groups is 1. The first-order valence-corrected chi connectivity index (χ1v) is 6.66. The molecular weight excluding hydrogens is 258 g/mol. The molecule has 0 spiro atoms. The van der Waals surface area contributed by atoms with Gasteiger partial charge in [0, 0.05) is 18.8 Å². The van der Waals surface area contributed by atoms with E-state index < -0.39 is 12.0 Å². The third kappa shape index (κ3) is 3.08. The smallest absolute Gasteiger partial charge is 0.326 e. The molecule has 0 saturated carbocycles. The SMILES string of the molecule is CNCc1ccccc1NC(=O)N1CCC[C@H]1C(=O)O. The van der Waals surface area contributed by atoms with Gasteiger partial charge in [-0.2, -0.15) is 0 Å². The number of likely N-dealkylation sites (tertiary alicyclic amines) is 1. The third-order valence-corrected chi connectivity index (χ3v) is 3.42. The maximum Gasteiger partial charge on any atom is 0.326 e. The topological polar surface area (TPSA) is 81.7 Å². The second kappa shape index (κ2) is 6.38. The fraction of sp³-hybridized carbons (Fsp3) is 0.429. The van der Waals surface area contributed by atoms with Gasteiger partial charge < -0.3 is 20.6 Å². The lowest BCUT2D eigenvalue weighted by Crippen LogP contribution is -2.42. The summed E-state index contributed by atoms with van der Waals surface area (Å²) in [4.78, 5) is 24.7. The van der Waals surface area contributed by atoms with Gasteiger partial charge >= 0.3 is 12.0 Å². The number of carbonyl (C=O) groups is 2. The van der Waals surface area contributed by atoms with E-state index in [2.05, 4.69) is 10.6 Å². The van der Waals surface area contributed by atoms with Crippen LogP contribution in [0.2, 0.25) is 0 Å². The molecular formula is C14H19N3O3. The molecule has 108 valence electrons. The molecule has 2 rings (SSSR count). The monoisotopic (exact) mass is 277 g/mol. The molecule has 1 fully saturated rings. The quantitative estimate of drug-likeness (QED) is 0.778. The van der Waals surface area contributed by atoms with Gasteiger partial charge in [-0.05, 0) is 31.5 Å². The summed E-state index contributed by atoms with van der Waals surface area (Å²) in [6, 6.07) is 6.41. The predicted molar refractivity (Wildman–Crippen MR) is 75.6 cm³/mol. The minimum absolute atomic E-state index is 0.349. The molecule has 1 aliphatic heterocycles. The zero-order valence-electron chi connectivity index (χ0n) is 11.4. The molecule has 3 N–H and O–H groups in total. The largest absolute Gasteiger partial charge is 0.480 e. The number of carbonyl (C=O) groups excluding carboxylic acids is 1. The van der Waals surface area contributed by atoms with E-state index in [9.17, 15) is 9.59 Å². The molecule has 1 aromatic carbocycles. The summed E-state index contributed by atoms with van der Waals surface area (Å²) < 4.78 is 0. The second-order valence-electron chi connectivity index (χ2n) is 4.81. The second-order valence-corrected chi connectivity index (χ2v) is 4.81. The fourth-order valence-corrected chi connectivity index (χ4v) is 2.44. The normalized spacial score (nSPS) is 18.1. The molecule has 1 aromatic rings. The minimum Gasteiger partial charge on any atom is -0.480 e. The standard InChI is InChI=1S/C14H19N3O3/c1-15-9-10-5-2-3-6-11(10)16-14(20)17-8-4-7-12(17)13(18)19/h2-3,5-6,12,15H,4,7-9H2,1H3,(H,16,20)(H,18,19)/t12-/m0/s1. The number of carboxylic acid groups (broad SMARTS) is 1. The first kappa shape index (κ1) is 14.3. The van der Waals surface area contributed by atoms with E-state index in [-0.39, 0.29) is 6.03 Å². The van der Waals surface area contributed by atoms with Crippen molar-refractivity contribution in [2.75, 3.05) is 18.9 Å². The van der Waals surface area contributed by atoms with E-state index in [0.29, 0.717) is 25.2 Å². The Morgan fingerprint density at radius 1 is 1.40 bits per heavy atom. The highest BCUT2D eigenvalue weighted by molar-refractivity contribution is 5.93. The third-order valence-electron chi connectivity index (χ3n) is 3.42. The van der Waals surface area contributed by atoms with Crippen LogP contribution in [-0.4, -0.2) is 41.6 Å². The van der Waals surface area contributed by atoms with E-state index in [4.69, 9.17) is 5.11 Å². The van der Waals surface area contributed by atoms with Gasteiger partial charge in [-0.3, -0.25) is 0 Å². The number of hydrogen-bond acceptors (Lipinski definition) is 3. The molecule has 1 saturated heterocycles. The molecule has 6 nitrogen and oxygen atoms in total. The fourth-order valence-electron chi connectivity index (χ4n) is 2.44. The number of carboxylic acids is 1. The first-order chi connectivity index (χ1) is 9.63. The van der Waals surface area contributed by atoms with Gasteiger partial charge in [-0.25, -0.2) is 9.59 Å². The van der Waals surface area contributed by atoms with Crippen LogP contribution in [0, 0.1) is 0 Å². The highest BCUT2D eigenvalue weighted by Crippen LogP contribution is 2.20. The number of para-hydroxylation sites is 1. The summed E-state index contributed by atoms with van der Waals surface area (Å²) in [6.45, 7) is 1.12. The Morgan fingerprint density at radius 3 is 2.85 bits per heavy atom. The summed E-state index contributed by atoms with van der Waals surface area (Å²) in [5.41, 5.74) is 1.68. The van der Waals surface area contributed by atoms with Crippen LogP contribution in [0.3, 0.4) is 0 Å². The Kier molecular flexibility index (Phi) is 4.57. The van der Waals surface area contributed by atoms with Gasteiger partial charge in [0.15, 0.2) is 0 Å². The van der Waals surface area contributed by atoms with Crippen molar-refractivity contribution in [3.63, 3.8) is 0 Å². The molecule has 6 heteroatoms. The highest BCUT2D eigenvalue weighted by atomic mass is 16.4. The molecule has 1 atom stereocenters. The Hall–Kier alpha value is -2.08. The summed E-state index contributed by atoms with van der Waals surface area (Å²) in [6.07, 6.45) is 1.24. The predicted octanol–water partition coefficient (Wildman–Crippen LogP) is 1.49. The van der Waals surface area contributed by atoms with Crippen molar-refractivity contribution in [2.45, 2.75) is 25.4 Å². The van der Waals surface area contributed by atoms with E-state index >= 15 is 0 Å². The van der Waals surface area contributed by atoms with Crippen LogP contribution in [0.25, 0.3) is 0 Å². The van der Waals surface area contributed by atoms with Crippen LogP contribution >= 0.6 is 0 Å². The number of amides is 2. The molecule has 1 aliphatic rings. The maximum absolute atomic E-state index is 12.2. The van der Waals surface area contributed by atoms with Gasteiger partial charge in [-0.15, -0.1) is 0 Å². The van der Waals surface area contributed by atoms with Gasteiger partial charge in [0.05, 0.1) is 0 Å². The van der Waals surface area contributed by atoms with Crippen molar-refractivity contribution in [3.8, 4) is 0 Å². The van der Waals surface area contributed by atoms with Crippen LogP contribution in [-0.2, 0) is 11.3 Å². The van der Waals surface area contributed by atoms with Crippen molar-refractivity contribution in [1.82, 2.24) is 10.2 Å². The number of nitrogens with zero attached hydrogens (tertiary/aromatic N) is 1. The van der Waals surface area contributed by atoms with Crippen molar-refractivity contribution < 1.29 is 14.7 Å². The van der Waals surface area contributed by atoms with E-state index in [1.54, 1.807) is 0 Å². The Morgan fingerprint density at radius 2 is 2.15 bits per heavy atom. The van der Waals surface area contributed by atoms with E-state index in [0.717, 1.165) is 12.0 Å². The zero-order valence-corrected chi connectivity index (χ0v) is 11.4. The van der Waals surface area contributed by atoms with Crippen LogP contribution in [0.5, 0.6) is 0 Å². The maximum atomic E-state index is 12.2. The number of rotatable bonds is 4. The zero-order chi connectivity index (χ0) is 14.5. The first-order valence-electron chi connectivity index (χ1n) is 6.66. The number of aliphatic carboxylic acids is 1. The Bertz CT molecular complexity index is 504. The summed E-state index contributed by atoms with van der Waals surface area (Å²) in [5, 5.41) is 14.9. The lowest BCUT2D eigenvalue weighted by atomic mass is 10.2. The number of hydrogen-bond donors (Lipinski definition) is 3. The van der Waals surface area contributed by atoms with Crippen LogP contribution < -0.4 is 10.6 Å². The molecule has 0 radical (unpaired) electrons. The molecule has 2 amide bonds. The Labute approximate surface area is 117 Å². The van der Waals surface area contributed by atoms with Gasteiger partial charge in [0.2, 0.25) is 0 Å². The van der Waals surface area contributed by atoms with Crippen molar-refractivity contribution in [1.29, 1.82) is 0 Å². The number of nitrogens with one attached hydrogen (secondary N) is 2. The van der Waals surface area contributed by atoms with Crippen molar-refractivity contribution in [2.24, 2.45) is 0 Å². The van der Waals surface area contributed by atoms with Gasteiger partial charge in [-0.1, -0.05) is 18.2 Å². The average Bonchev–Trinajstić information content (AvgIpc) is 2.91. The van der Waals surface area contributed by atoms with Crippen LogP contribution in [0.1, 0.15) is 18.4 Å². The molecule has 0 aliphatic carbocycles. The molecule has 20 heavy (non-hydrogen) atoms. The van der Waals surface area contributed by atoms with Gasteiger partial charge in [0.25, 0.3) is 0 Å². The highest BCUT2D eigenvalue weighted by Gasteiger charge is 2.34. The summed E-state index contributed by atoms with van der Waals surface area (Å²) in [5.74, 6) is -0.943. The summed E-state index contributed by atoms with van der Waals surface area (Å²) >= 11 is 0. The lowest BCUT2D eigenvalue weighted by molar-refractivity contribution is -0.141. The lowest BCUT2D eigenvalue weighted by Gasteiger charge is -2.22. The number of anilines is 1. The van der Waals surface area contributed by atoms with Crippen molar-refractivity contribution in [3.05, 3.63) is 29.8 Å². The Balaban J connectivity index is 2.10. The molecule has 0 bridgehead atoms. The van der Waals surface area contributed by atoms with Crippen LogP contribution in [0.4, 0.5) is 10.5 Å². The van der Waals surface area contributed by atoms with Crippen molar-refractivity contribution >= 4 is 17.7 Å². The summed E-state index contributed by atoms with van der Waals surface area (Å²) in [7, 11) is 1.83. The number of benzene rings is 1. The average molecular weight is 277 g/mol.